The summed E-state index contributed by atoms with van der Waals surface area (Å²) in [6.07, 6.45) is 0.879. The van der Waals surface area contributed by atoms with E-state index in [1.807, 2.05) is 13.0 Å². The molecule has 0 radical (unpaired) electrons. The predicted molar refractivity (Wildman–Crippen MR) is 64.1 cm³/mol. The van der Waals surface area contributed by atoms with E-state index in [9.17, 15) is 5.11 Å². The molecule has 0 atom stereocenters. The zero-order valence-electron chi connectivity index (χ0n) is 9.44. The lowest BCUT2D eigenvalue weighted by atomic mass is 10.1. The van der Waals surface area contributed by atoms with Crippen LogP contribution in [0.5, 0.6) is 5.75 Å². The second-order valence-corrected chi connectivity index (χ2v) is 3.82. The molecule has 1 aromatic carbocycles. The first-order chi connectivity index (χ1) is 7.60. The van der Waals surface area contributed by atoms with Gasteiger partial charge in [-0.15, -0.1) is 0 Å². The predicted octanol–water partition coefficient (Wildman–Crippen LogP) is 1.94. The summed E-state index contributed by atoms with van der Waals surface area (Å²) in [4.78, 5) is 0. The highest BCUT2D eigenvalue weighted by atomic mass is 16.3. The third-order valence-electron chi connectivity index (χ3n) is 2.60. The fraction of sp³-hybridized carbons (Fsp3) is 0.250. The van der Waals surface area contributed by atoms with Crippen molar-refractivity contribution in [2.24, 2.45) is 7.05 Å². The first-order valence-corrected chi connectivity index (χ1v) is 5.23. The highest BCUT2D eigenvalue weighted by Gasteiger charge is 2.07. The largest absolute Gasteiger partial charge is 0.508 e. The fourth-order valence-corrected chi connectivity index (χ4v) is 1.65. The third-order valence-corrected chi connectivity index (χ3v) is 2.60. The minimum Gasteiger partial charge on any atom is -0.508 e. The van der Waals surface area contributed by atoms with Gasteiger partial charge in [0.2, 0.25) is 0 Å². The first kappa shape index (κ1) is 10.5. The molecule has 4 heteroatoms. The van der Waals surface area contributed by atoms with Crippen LogP contribution < -0.4 is 5.73 Å². The average Bonchev–Trinajstić information content (AvgIpc) is 2.58. The Hall–Kier alpha value is -1.97. The Morgan fingerprint density at radius 3 is 2.62 bits per heavy atom. The maximum Gasteiger partial charge on any atom is 0.121 e. The molecule has 0 amide bonds. The molecule has 2 rings (SSSR count). The van der Waals surface area contributed by atoms with Gasteiger partial charge in [-0.25, -0.2) is 0 Å². The Morgan fingerprint density at radius 2 is 2.06 bits per heavy atom. The highest BCUT2D eigenvalue weighted by molar-refractivity contribution is 5.65. The van der Waals surface area contributed by atoms with Crippen LogP contribution in [0.3, 0.4) is 0 Å². The van der Waals surface area contributed by atoms with Crippen molar-refractivity contribution in [2.45, 2.75) is 13.3 Å². The van der Waals surface area contributed by atoms with Crippen LogP contribution in [0.15, 0.2) is 24.3 Å². The maximum atomic E-state index is 9.60. The van der Waals surface area contributed by atoms with Crippen LogP contribution in [0, 0.1) is 0 Å². The normalized spacial score (nSPS) is 10.6. The molecule has 16 heavy (non-hydrogen) atoms. The summed E-state index contributed by atoms with van der Waals surface area (Å²) in [7, 11) is 1.79. The van der Waals surface area contributed by atoms with E-state index in [-0.39, 0.29) is 5.75 Å². The fourth-order valence-electron chi connectivity index (χ4n) is 1.65. The van der Waals surface area contributed by atoms with E-state index in [0.717, 1.165) is 23.2 Å². The Bertz CT molecular complexity index is 497. The standard InChI is InChI=1S/C12H15N3O/c1-3-8-4-9(6-10(16)5-8)11-7-12(13)15(2)14-11/h4-7,16H,3,13H2,1-2H3. The number of benzene rings is 1. The van der Waals surface area contributed by atoms with E-state index in [2.05, 4.69) is 5.10 Å². The lowest BCUT2D eigenvalue weighted by Crippen LogP contribution is -1.96. The van der Waals surface area contributed by atoms with Gasteiger partial charge >= 0.3 is 0 Å². The molecule has 1 heterocycles. The number of hydrogen-bond donors (Lipinski definition) is 2. The van der Waals surface area contributed by atoms with Crippen LogP contribution in [0.25, 0.3) is 11.3 Å². The quantitative estimate of drug-likeness (QED) is 0.808. The monoisotopic (exact) mass is 217 g/mol. The topological polar surface area (TPSA) is 64.1 Å². The number of hydrogen-bond acceptors (Lipinski definition) is 3. The van der Waals surface area contributed by atoms with Crippen molar-refractivity contribution in [3.8, 4) is 17.0 Å². The first-order valence-electron chi connectivity index (χ1n) is 5.23. The minimum atomic E-state index is 0.263. The molecule has 0 aliphatic carbocycles. The number of aryl methyl sites for hydroxylation is 2. The van der Waals surface area contributed by atoms with Gasteiger partial charge in [0.25, 0.3) is 0 Å². The second-order valence-electron chi connectivity index (χ2n) is 3.82. The van der Waals surface area contributed by atoms with Crippen LogP contribution in [0.1, 0.15) is 12.5 Å². The van der Waals surface area contributed by atoms with Crippen LogP contribution >= 0.6 is 0 Å². The van der Waals surface area contributed by atoms with E-state index in [0.29, 0.717) is 5.82 Å². The van der Waals surface area contributed by atoms with Crippen molar-refractivity contribution in [1.82, 2.24) is 9.78 Å². The maximum absolute atomic E-state index is 9.60. The molecule has 0 fully saturated rings. The number of nitrogens with zero attached hydrogens (tertiary/aromatic N) is 2. The Labute approximate surface area is 94.3 Å². The molecule has 0 aliphatic heterocycles. The second kappa shape index (κ2) is 3.89. The number of aromatic hydroxyl groups is 1. The number of nitrogen functional groups attached to an aromatic ring is 1. The van der Waals surface area contributed by atoms with Crippen LogP contribution in [-0.2, 0) is 13.5 Å². The number of aromatic nitrogens is 2. The van der Waals surface area contributed by atoms with E-state index >= 15 is 0 Å². The van der Waals surface area contributed by atoms with Crippen LogP contribution in [0.2, 0.25) is 0 Å². The van der Waals surface area contributed by atoms with Crippen molar-refractivity contribution in [2.75, 3.05) is 5.73 Å². The molecular weight excluding hydrogens is 202 g/mol. The molecule has 1 aromatic heterocycles. The number of rotatable bonds is 2. The molecule has 84 valence electrons. The molecule has 3 N–H and O–H groups in total. The Kier molecular flexibility index (Phi) is 2.56. The van der Waals surface area contributed by atoms with Gasteiger partial charge in [0.1, 0.15) is 11.6 Å². The zero-order chi connectivity index (χ0) is 11.7. The summed E-state index contributed by atoms with van der Waals surface area (Å²) in [6.45, 7) is 2.05. The van der Waals surface area contributed by atoms with Gasteiger partial charge in [-0.05, 0) is 30.2 Å². The SMILES string of the molecule is CCc1cc(O)cc(-c2cc(N)n(C)n2)c1. The molecular formula is C12H15N3O. The molecule has 4 nitrogen and oxygen atoms in total. The van der Waals surface area contributed by atoms with Crippen LogP contribution in [0.4, 0.5) is 5.82 Å². The zero-order valence-corrected chi connectivity index (χ0v) is 9.44. The van der Waals surface area contributed by atoms with Crippen molar-refractivity contribution in [3.63, 3.8) is 0 Å². The third kappa shape index (κ3) is 1.86. The lowest BCUT2D eigenvalue weighted by molar-refractivity contribution is 0.475. The summed E-state index contributed by atoms with van der Waals surface area (Å²) < 4.78 is 1.62. The highest BCUT2D eigenvalue weighted by Crippen LogP contribution is 2.25. The van der Waals surface area contributed by atoms with Crippen molar-refractivity contribution in [1.29, 1.82) is 0 Å². The van der Waals surface area contributed by atoms with Crippen molar-refractivity contribution < 1.29 is 5.11 Å². The van der Waals surface area contributed by atoms with Crippen molar-refractivity contribution >= 4 is 5.82 Å². The molecule has 0 bridgehead atoms. The molecule has 0 saturated heterocycles. The number of anilines is 1. The van der Waals surface area contributed by atoms with Crippen LogP contribution in [-0.4, -0.2) is 14.9 Å². The number of phenolic OH excluding ortho intramolecular Hbond substituents is 1. The average molecular weight is 217 g/mol. The molecule has 0 spiro atoms. The summed E-state index contributed by atoms with van der Waals surface area (Å²) >= 11 is 0. The summed E-state index contributed by atoms with van der Waals surface area (Å²) in [5.74, 6) is 0.870. The molecule has 2 aromatic rings. The Morgan fingerprint density at radius 1 is 1.31 bits per heavy atom. The van der Waals surface area contributed by atoms with E-state index in [1.54, 1.807) is 29.9 Å². The summed E-state index contributed by atoms with van der Waals surface area (Å²) in [6, 6.07) is 7.27. The van der Waals surface area contributed by atoms with Gasteiger partial charge in [-0.1, -0.05) is 6.92 Å². The number of nitrogens with two attached hydrogens (primary N) is 1. The van der Waals surface area contributed by atoms with Gasteiger partial charge in [0.15, 0.2) is 0 Å². The van der Waals surface area contributed by atoms with E-state index in [4.69, 9.17) is 5.73 Å². The minimum absolute atomic E-state index is 0.263. The summed E-state index contributed by atoms with van der Waals surface area (Å²) in [5, 5.41) is 13.9. The van der Waals surface area contributed by atoms with Gasteiger partial charge in [-0.3, -0.25) is 4.68 Å². The lowest BCUT2D eigenvalue weighted by Gasteiger charge is -2.02. The van der Waals surface area contributed by atoms with Gasteiger partial charge in [0, 0.05) is 18.7 Å². The van der Waals surface area contributed by atoms with E-state index < -0.39 is 0 Å². The molecule has 0 unspecified atom stereocenters. The van der Waals surface area contributed by atoms with Gasteiger partial charge in [0.05, 0.1) is 5.69 Å². The smallest absolute Gasteiger partial charge is 0.121 e. The summed E-state index contributed by atoms with van der Waals surface area (Å²) in [5.41, 5.74) is 8.48. The van der Waals surface area contributed by atoms with Crippen molar-refractivity contribution in [3.05, 3.63) is 29.8 Å². The molecule has 0 saturated carbocycles. The Balaban J connectivity index is 2.50. The molecule has 0 aliphatic rings. The van der Waals surface area contributed by atoms with E-state index in [1.165, 1.54) is 0 Å². The number of phenols is 1. The van der Waals surface area contributed by atoms with Gasteiger partial charge < -0.3 is 10.8 Å². The van der Waals surface area contributed by atoms with Gasteiger partial charge in [-0.2, -0.15) is 5.10 Å².